The van der Waals surface area contributed by atoms with E-state index < -0.39 is 5.60 Å². The van der Waals surface area contributed by atoms with Crippen LogP contribution in [0.15, 0.2) is 18.3 Å². The SMILES string of the molecule is Cc1ccc(CNCC(C)(O)C(C)C)cn1. The highest BCUT2D eigenvalue weighted by atomic mass is 16.3. The lowest BCUT2D eigenvalue weighted by Crippen LogP contribution is -2.41. The molecule has 1 unspecified atom stereocenters. The van der Waals surface area contributed by atoms with Crippen LogP contribution in [0.3, 0.4) is 0 Å². The van der Waals surface area contributed by atoms with Crippen molar-refractivity contribution in [2.24, 2.45) is 5.92 Å². The molecule has 0 saturated carbocycles. The first-order valence-electron chi connectivity index (χ1n) is 5.76. The Labute approximate surface area is 97.9 Å². The number of aromatic nitrogens is 1. The molecule has 0 bridgehead atoms. The Kier molecular flexibility index (Phi) is 4.44. The largest absolute Gasteiger partial charge is 0.389 e. The van der Waals surface area contributed by atoms with E-state index in [0.29, 0.717) is 6.54 Å². The molecular formula is C13H22N2O. The van der Waals surface area contributed by atoms with E-state index in [9.17, 15) is 5.11 Å². The molecule has 1 atom stereocenters. The van der Waals surface area contributed by atoms with Crippen molar-refractivity contribution in [3.63, 3.8) is 0 Å². The molecule has 1 aromatic heterocycles. The number of hydrogen-bond acceptors (Lipinski definition) is 3. The molecular weight excluding hydrogens is 200 g/mol. The van der Waals surface area contributed by atoms with Crippen molar-refractivity contribution in [3.05, 3.63) is 29.6 Å². The molecule has 0 saturated heterocycles. The van der Waals surface area contributed by atoms with E-state index in [1.807, 2.05) is 40.0 Å². The zero-order chi connectivity index (χ0) is 12.2. The lowest BCUT2D eigenvalue weighted by atomic mass is 9.92. The smallest absolute Gasteiger partial charge is 0.0766 e. The summed E-state index contributed by atoms with van der Waals surface area (Å²) in [5, 5.41) is 13.3. The predicted molar refractivity (Wildman–Crippen MR) is 66.1 cm³/mol. The summed E-state index contributed by atoms with van der Waals surface area (Å²) < 4.78 is 0. The van der Waals surface area contributed by atoms with Crippen LogP contribution in [0.5, 0.6) is 0 Å². The van der Waals surface area contributed by atoms with Crippen LogP contribution < -0.4 is 5.32 Å². The van der Waals surface area contributed by atoms with Crippen molar-refractivity contribution in [1.29, 1.82) is 0 Å². The first kappa shape index (κ1) is 13.1. The summed E-state index contributed by atoms with van der Waals surface area (Å²) in [6.45, 7) is 9.22. The first-order valence-corrected chi connectivity index (χ1v) is 5.76. The highest BCUT2D eigenvalue weighted by Gasteiger charge is 2.23. The van der Waals surface area contributed by atoms with E-state index in [1.165, 1.54) is 0 Å². The number of rotatable bonds is 5. The van der Waals surface area contributed by atoms with Crippen LogP contribution in [-0.4, -0.2) is 22.2 Å². The average Bonchev–Trinajstić information content (AvgIpc) is 2.20. The topological polar surface area (TPSA) is 45.1 Å². The Morgan fingerprint density at radius 1 is 1.44 bits per heavy atom. The summed E-state index contributed by atoms with van der Waals surface area (Å²) >= 11 is 0. The third-order valence-electron chi connectivity index (χ3n) is 3.03. The lowest BCUT2D eigenvalue weighted by molar-refractivity contribution is 0.0140. The summed E-state index contributed by atoms with van der Waals surface area (Å²) in [6, 6.07) is 4.05. The third-order valence-corrected chi connectivity index (χ3v) is 3.03. The molecule has 1 heterocycles. The summed E-state index contributed by atoms with van der Waals surface area (Å²) in [4.78, 5) is 4.23. The molecule has 1 rings (SSSR count). The van der Waals surface area contributed by atoms with Crippen molar-refractivity contribution in [1.82, 2.24) is 10.3 Å². The highest BCUT2D eigenvalue weighted by Crippen LogP contribution is 2.14. The molecule has 3 nitrogen and oxygen atoms in total. The molecule has 0 spiro atoms. The van der Waals surface area contributed by atoms with Crippen molar-refractivity contribution in [2.75, 3.05) is 6.54 Å². The molecule has 1 aromatic rings. The number of aryl methyl sites for hydroxylation is 1. The van der Waals surface area contributed by atoms with Gasteiger partial charge in [-0.25, -0.2) is 0 Å². The Balaban J connectivity index is 2.39. The fraction of sp³-hybridized carbons (Fsp3) is 0.615. The van der Waals surface area contributed by atoms with Crippen LogP contribution in [0.2, 0.25) is 0 Å². The third kappa shape index (κ3) is 3.91. The van der Waals surface area contributed by atoms with Gasteiger partial charge in [-0.15, -0.1) is 0 Å². The highest BCUT2D eigenvalue weighted by molar-refractivity contribution is 5.12. The van der Waals surface area contributed by atoms with Gasteiger partial charge in [0.2, 0.25) is 0 Å². The normalized spacial score (nSPS) is 15.1. The monoisotopic (exact) mass is 222 g/mol. The van der Waals surface area contributed by atoms with Crippen LogP contribution in [0, 0.1) is 12.8 Å². The molecule has 0 fully saturated rings. The van der Waals surface area contributed by atoms with Crippen molar-refractivity contribution in [2.45, 2.75) is 39.8 Å². The number of pyridine rings is 1. The molecule has 0 aliphatic heterocycles. The summed E-state index contributed by atoms with van der Waals surface area (Å²) in [5.74, 6) is 0.246. The van der Waals surface area contributed by atoms with Gasteiger partial charge in [-0.1, -0.05) is 19.9 Å². The van der Waals surface area contributed by atoms with Gasteiger partial charge in [-0.2, -0.15) is 0 Å². The molecule has 16 heavy (non-hydrogen) atoms. The van der Waals surface area contributed by atoms with Crippen molar-refractivity contribution >= 4 is 0 Å². The first-order chi connectivity index (χ1) is 7.42. The van der Waals surface area contributed by atoms with Gasteiger partial charge in [0, 0.05) is 25.0 Å². The van der Waals surface area contributed by atoms with Crippen LogP contribution >= 0.6 is 0 Å². The Morgan fingerprint density at radius 3 is 2.62 bits per heavy atom. The van der Waals surface area contributed by atoms with Crippen LogP contribution in [0.25, 0.3) is 0 Å². The van der Waals surface area contributed by atoms with E-state index in [-0.39, 0.29) is 5.92 Å². The predicted octanol–water partition coefficient (Wildman–Crippen LogP) is 1.89. The van der Waals surface area contributed by atoms with E-state index in [4.69, 9.17) is 0 Å². The molecule has 0 amide bonds. The van der Waals surface area contributed by atoms with E-state index in [2.05, 4.69) is 16.4 Å². The Hall–Kier alpha value is -0.930. The summed E-state index contributed by atoms with van der Waals surface area (Å²) in [5.41, 5.74) is 1.51. The van der Waals surface area contributed by atoms with Crippen molar-refractivity contribution < 1.29 is 5.11 Å². The van der Waals surface area contributed by atoms with Gasteiger partial charge in [-0.3, -0.25) is 4.98 Å². The minimum atomic E-state index is -0.655. The maximum absolute atomic E-state index is 10.0. The molecule has 3 heteroatoms. The Morgan fingerprint density at radius 2 is 2.12 bits per heavy atom. The van der Waals surface area contributed by atoms with Crippen molar-refractivity contribution in [3.8, 4) is 0 Å². The lowest BCUT2D eigenvalue weighted by Gasteiger charge is -2.27. The second-order valence-corrected chi connectivity index (χ2v) is 4.92. The van der Waals surface area contributed by atoms with Gasteiger partial charge < -0.3 is 10.4 Å². The van der Waals surface area contributed by atoms with Gasteiger partial charge >= 0.3 is 0 Å². The van der Waals surface area contributed by atoms with Gasteiger partial charge in [0.25, 0.3) is 0 Å². The van der Waals surface area contributed by atoms with E-state index in [1.54, 1.807) is 0 Å². The van der Waals surface area contributed by atoms with Crippen LogP contribution in [-0.2, 0) is 6.54 Å². The fourth-order valence-corrected chi connectivity index (χ4v) is 1.27. The fourth-order valence-electron chi connectivity index (χ4n) is 1.27. The quantitative estimate of drug-likeness (QED) is 0.799. The molecule has 0 aromatic carbocycles. The van der Waals surface area contributed by atoms with Crippen LogP contribution in [0.4, 0.5) is 0 Å². The number of nitrogens with zero attached hydrogens (tertiary/aromatic N) is 1. The zero-order valence-electron chi connectivity index (χ0n) is 10.6. The van der Waals surface area contributed by atoms with Gasteiger partial charge in [0.1, 0.15) is 0 Å². The van der Waals surface area contributed by atoms with Gasteiger partial charge in [-0.05, 0) is 31.4 Å². The molecule has 0 aliphatic rings. The van der Waals surface area contributed by atoms with E-state index >= 15 is 0 Å². The summed E-state index contributed by atoms with van der Waals surface area (Å²) in [6.07, 6.45) is 1.87. The maximum atomic E-state index is 10.0. The molecule has 90 valence electrons. The second kappa shape index (κ2) is 5.41. The van der Waals surface area contributed by atoms with Crippen LogP contribution in [0.1, 0.15) is 32.0 Å². The maximum Gasteiger partial charge on any atom is 0.0766 e. The number of nitrogens with one attached hydrogen (secondary N) is 1. The minimum Gasteiger partial charge on any atom is -0.389 e. The minimum absolute atomic E-state index is 0.246. The Bertz CT molecular complexity index is 317. The van der Waals surface area contributed by atoms with Gasteiger partial charge in [0.15, 0.2) is 0 Å². The number of aliphatic hydroxyl groups is 1. The van der Waals surface area contributed by atoms with E-state index in [0.717, 1.165) is 17.8 Å². The zero-order valence-corrected chi connectivity index (χ0v) is 10.6. The molecule has 0 aliphatic carbocycles. The number of hydrogen-bond donors (Lipinski definition) is 2. The molecule has 0 radical (unpaired) electrons. The second-order valence-electron chi connectivity index (χ2n) is 4.92. The summed E-state index contributed by atoms with van der Waals surface area (Å²) in [7, 11) is 0. The van der Waals surface area contributed by atoms with Gasteiger partial charge in [0.05, 0.1) is 5.60 Å². The molecule has 2 N–H and O–H groups in total. The standard InChI is InChI=1S/C13H22N2O/c1-10(2)13(4,16)9-14-7-12-6-5-11(3)15-8-12/h5-6,8,10,14,16H,7,9H2,1-4H3. The average molecular weight is 222 g/mol.